The molecular weight excluding hydrogens is 376 g/mol. The highest BCUT2D eigenvalue weighted by Crippen LogP contribution is 2.26. The minimum Gasteiger partial charge on any atom is -0.484 e. The zero-order valence-corrected chi connectivity index (χ0v) is 17.6. The van der Waals surface area contributed by atoms with Gasteiger partial charge in [0.15, 0.2) is 6.61 Å². The van der Waals surface area contributed by atoms with E-state index in [4.69, 9.17) is 4.74 Å². The van der Waals surface area contributed by atoms with Crippen LogP contribution in [-0.2, 0) is 14.8 Å². The summed E-state index contributed by atoms with van der Waals surface area (Å²) >= 11 is 0. The van der Waals surface area contributed by atoms with E-state index >= 15 is 0 Å². The minimum absolute atomic E-state index is 0.0461. The summed E-state index contributed by atoms with van der Waals surface area (Å²) in [6.45, 7) is 2.93. The van der Waals surface area contributed by atoms with Gasteiger partial charge in [0.25, 0.3) is 5.91 Å². The van der Waals surface area contributed by atoms with E-state index in [2.05, 4.69) is 5.32 Å². The molecule has 1 aliphatic carbocycles. The summed E-state index contributed by atoms with van der Waals surface area (Å²) in [7, 11) is -3.44. The molecule has 2 fully saturated rings. The van der Waals surface area contributed by atoms with Crippen molar-refractivity contribution in [1.29, 1.82) is 0 Å². The molecule has 28 heavy (non-hydrogen) atoms. The maximum absolute atomic E-state index is 12.7. The van der Waals surface area contributed by atoms with Crippen molar-refractivity contribution in [3.63, 3.8) is 0 Å². The molecule has 1 amide bonds. The number of hydrogen-bond donors (Lipinski definition) is 1. The standard InChI is InChI=1S/C21H32N2O4S/c1-17-15-19(28(25,26)23-13-7-8-14-23)11-12-20(17)27-16-21(24)22-18-9-5-3-2-4-6-10-18/h11-12,15,18H,2-10,13-14,16H2,1H3,(H,22,24). The van der Waals surface area contributed by atoms with Crippen LogP contribution in [0.3, 0.4) is 0 Å². The van der Waals surface area contributed by atoms with Gasteiger partial charge in [-0.2, -0.15) is 4.31 Å². The summed E-state index contributed by atoms with van der Waals surface area (Å²) in [5.41, 5.74) is 0.721. The molecule has 1 N–H and O–H groups in total. The van der Waals surface area contributed by atoms with Crippen molar-refractivity contribution in [2.24, 2.45) is 0 Å². The topological polar surface area (TPSA) is 75.7 Å². The normalized spacial score (nSPS) is 19.8. The van der Waals surface area contributed by atoms with Crippen LogP contribution >= 0.6 is 0 Å². The first-order chi connectivity index (χ1) is 13.5. The first-order valence-corrected chi connectivity index (χ1v) is 11.9. The molecule has 1 aliphatic heterocycles. The second-order valence-electron chi connectivity index (χ2n) is 7.94. The van der Waals surface area contributed by atoms with Gasteiger partial charge in [-0.3, -0.25) is 4.79 Å². The molecular formula is C21H32N2O4S. The van der Waals surface area contributed by atoms with Crippen LogP contribution in [0, 0.1) is 6.92 Å². The zero-order chi connectivity index (χ0) is 20.0. The molecule has 0 spiro atoms. The largest absolute Gasteiger partial charge is 0.484 e. The molecule has 0 radical (unpaired) electrons. The Balaban J connectivity index is 1.55. The van der Waals surface area contributed by atoms with Crippen molar-refractivity contribution >= 4 is 15.9 Å². The van der Waals surface area contributed by atoms with Crippen LogP contribution in [-0.4, -0.2) is 44.4 Å². The van der Waals surface area contributed by atoms with Crippen molar-refractivity contribution in [1.82, 2.24) is 9.62 Å². The number of aryl methyl sites for hydroxylation is 1. The van der Waals surface area contributed by atoms with Crippen molar-refractivity contribution in [2.45, 2.75) is 75.6 Å². The predicted octanol–water partition coefficient (Wildman–Crippen LogP) is 3.39. The second kappa shape index (κ2) is 9.74. The van der Waals surface area contributed by atoms with Crippen molar-refractivity contribution in [2.75, 3.05) is 19.7 Å². The summed E-state index contributed by atoms with van der Waals surface area (Å²) < 4.78 is 32.5. The predicted molar refractivity (Wildman–Crippen MR) is 109 cm³/mol. The van der Waals surface area contributed by atoms with E-state index in [-0.39, 0.29) is 18.6 Å². The molecule has 1 aromatic carbocycles. The van der Waals surface area contributed by atoms with Crippen molar-refractivity contribution < 1.29 is 17.9 Å². The highest BCUT2D eigenvalue weighted by Gasteiger charge is 2.27. The number of rotatable bonds is 6. The van der Waals surface area contributed by atoms with Gasteiger partial charge in [0.05, 0.1) is 4.90 Å². The Morgan fingerprint density at radius 1 is 1.07 bits per heavy atom. The molecule has 0 unspecified atom stereocenters. The maximum Gasteiger partial charge on any atom is 0.258 e. The average molecular weight is 409 g/mol. The number of sulfonamides is 1. The highest BCUT2D eigenvalue weighted by atomic mass is 32.2. The van der Waals surface area contributed by atoms with Gasteiger partial charge >= 0.3 is 0 Å². The molecule has 7 heteroatoms. The molecule has 3 rings (SSSR count). The molecule has 0 atom stereocenters. The molecule has 1 aromatic rings. The lowest BCUT2D eigenvalue weighted by molar-refractivity contribution is -0.123. The van der Waals surface area contributed by atoms with E-state index in [1.165, 1.54) is 23.6 Å². The van der Waals surface area contributed by atoms with Crippen LogP contribution < -0.4 is 10.1 Å². The Labute approximate surface area is 168 Å². The van der Waals surface area contributed by atoms with Crippen LogP contribution in [0.4, 0.5) is 0 Å². The van der Waals surface area contributed by atoms with Gasteiger partial charge in [-0.25, -0.2) is 8.42 Å². The van der Waals surface area contributed by atoms with Gasteiger partial charge in [-0.1, -0.05) is 32.1 Å². The van der Waals surface area contributed by atoms with E-state index in [0.717, 1.165) is 44.1 Å². The van der Waals surface area contributed by atoms with Crippen molar-refractivity contribution in [3.8, 4) is 5.75 Å². The van der Waals surface area contributed by atoms with Gasteiger partial charge in [0.2, 0.25) is 10.0 Å². The number of carbonyl (C=O) groups is 1. The number of amides is 1. The van der Waals surface area contributed by atoms with Crippen molar-refractivity contribution in [3.05, 3.63) is 23.8 Å². The fourth-order valence-corrected chi connectivity index (χ4v) is 5.64. The molecule has 6 nitrogen and oxygen atoms in total. The monoisotopic (exact) mass is 408 g/mol. The van der Waals surface area contributed by atoms with E-state index in [9.17, 15) is 13.2 Å². The van der Waals surface area contributed by atoms with Crippen LogP contribution in [0.5, 0.6) is 5.75 Å². The number of nitrogens with zero attached hydrogens (tertiary/aromatic N) is 1. The van der Waals surface area contributed by atoms with Crippen LogP contribution in [0.2, 0.25) is 0 Å². The van der Waals surface area contributed by atoms with Gasteiger partial charge in [-0.05, 0) is 56.4 Å². The average Bonchev–Trinajstić information content (AvgIpc) is 3.18. The zero-order valence-electron chi connectivity index (χ0n) is 16.8. The van der Waals surface area contributed by atoms with Crippen LogP contribution in [0.1, 0.15) is 63.4 Å². The Kier molecular flexibility index (Phi) is 7.35. The molecule has 156 valence electrons. The number of hydrogen-bond acceptors (Lipinski definition) is 4. The Morgan fingerprint density at radius 3 is 2.36 bits per heavy atom. The second-order valence-corrected chi connectivity index (χ2v) is 9.87. The summed E-state index contributed by atoms with van der Waals surface area (Å²) in [5, 5.41) is 3.08. The summed E-state index contributed by atoms with van der Waals surface area (Å²) in [6.07, 6.45) is 10.0. The van der Waals surface area contributed by atoms with Gasteiger partial charge in [0, 0.05) is 19.1 Å². The lowest BCUT2D eigenvalue weighted by Gasteiger charge is -2.21. The fourth-order valence-electron chi connectivity index (χ4n) is 4.03. The number of benzene rings is 1. The number of nitrogens with one attached hydrogen (secondary N) is 1. The van der Waals surface area contributed by atoms with Gasteiger partial charge in [0.1, 0.15) is 5.75 Å². The maximum atomic E-state index is 12.7. The van der Waals surface area contributed by atoms with Crippen LogP contribution in [0.15, 0.2) is 23.1 Å². The summed E-state index contributed by atoms with van der Waals surface area (Å²) in [6, 6.07) is 5.10. The summed E-state index contributed by atoms with van der Waals surface area (Å²) in [5.74, 6) is 0.437. The molecule has 1 saturated heterocycles. The molecule has 0 aromatic heterocycles. The Morgan fingerprint density at radius 2 is 1.71 bits per heavy atom. The smallest absolute Gasteiger partial charge is 0.258 e. The summed E-state index contributed by atoms with van der Waals surface area (Å²) in [4.78, 5) is 12.5. The molecule has 2 aliphatic rings. The third-order valence-electron chi connectivity index (χ3n) is 5.68. The lowest BCUT2D eigenvalue weighted by atomic mass is 9.97. The Hall–Kier alpha value is -1.60. The third-order valence-corrected chi connectivity index (χ3v) is 7.57. The van der Waals surface area contributed by atoms with Gasteiger partial charge < -0.3 is 10.1 Å². The lowest BCUT2D eigenvalue weighted by Crippen LogP contribution is -2.38. The molecule has 1 heterocycles. The van der Waals surface area contributed by atoms with E-state index in [1.54, 1.807) is 18.2 Å². The minimum atomic E-state index is -3.44. The van der Waals surface area contributed by atoms with E-state index < -0.39 is 10.0 Å². The SMILES string of the molecule is Cc1cc(S(=O)(=O)N2CCCC2)ccc1OCC(=O)NC1CCCCCCC1. The molecule has 0 bridgehead atoms. The van der Waals surface area contributed by atoms with E-state index in [1.807, 2.05) is 6.92 Å². The quantitative estimate of drug-likeness (QED) is 0.783. The first kappa shape index (κ1) is 21.1. The highest BCUT2D eigenvalue weighted by molar-refractivity contribution is 7.89. The van der Waals surface area contributed by atoms with E-state index in [0.29, 0.717) is 23.7 Å². The number of carbonyl (C=O) groups excluding carboxylic acids is 1. The fraction of sp³-hybridized carbons (Fsp3) is 0.667. The van der Waals surface area contributed by atoms with Crippen LogP contribution in [0.25, 0.3) is 0 Å². The third kappa shape index (κ3) is 5.47. The Bertz CT molecular complexity index is 765. The number of ether oxygens (including phenoxy) is 1. The first-order valence-electron chi connectivity index (χ1n) is 10.5. The van der Waals surface area contributed by atoms with Gasteiger partial charge in [-0.15, -0.1) is 0 Å². The molecule has 1 saturated carbocycles.